The largest absolute Gasteiger partial charge is 0.374 e. The highest BCUT2D eigenvalue weighted by molar-refractivity contribution is 6.29. The zero-order valence-corrected chi connectivity index (χ0v) is 9.94. The molecule has 2 rings (SSSR count). The van der Waals surface area contributed by atoms with E-state index in [0.29, 0.717) is 18.1 Å². The number of nitrogens with zero attached hydrogens (tertiary/aromatic N) is 4. The van der Waals surface area contributed by atoms with Gasteiger partial charge in [-0.1, -0.05) is 11.6 Å². The van der Waals surface area contributed by atoms with Gasteiger partial charge in [0.1, 0.15) is 23.9 Å². The first-order chi connectivity index (χ1) is 8.66. The monoisotopic (exact) mass is 277 g/mol. The van der Waals surface area contributed by atoms with Crippen molar-refractivity contribution in [1.82, 2.24) is 19.6 Å². The van der Waals surface area contributed by atoms with E-state index >= 15 is 0 Å². The number of anilines is 1. The van der Waals surface area contributed by atoms with Gasteiger partial charge in [0, 0.05) is 12.6 Å². The van der Waals surface area contributed by atoms with E-state index in [2.05, 4.69) is 20.4 Å². The second kappa shape index (κ2) is 5.87. The molecular formula is C9H10ClF2N5O. The van der Waals surface area contributed by atoms with Crippen LogP contribution in [-0.4, -0.2) is 45.8 Å². The topological polar surface area (TPSA) is 64.3 Å². The molecule has 2 heterocycles. The van der Waals surface area contributed by atoms with Crippen LogP contribution in [0.15, 0.2) is 12.4 Å². The summed E-state index contributed by atoms with van der Waals surface area (Å²) in [5.41, 5.74) is 0. The molecule has 0 amide bonds. The Labute approximate surface area is 106 Å². The second-order valence-electron chi connectivity index (χ2n) is 3.33. The van der Waals surface area contributed by atoms with Gasteiger partial charge in [-0.3, -0.25) is 0 Å². The van der Waals surface area contributed by atoms with Crippen LogP contribution in [0.2, 0.25) is 5.15 Å². The lowest BCUT2D eigenvalue weighted by atomic mass is 10.5. The maximum Gasteiger partial charge on any atom is 0.261 e. The lowest BCUT2D eigenvalue weighted by Crippen LogP contribution is -2.15. The van der Waals surface area contributed by atoms with E-state index in [0.717, 1.165) is 0 Å². The van der Waals surface area contributed by atoms with Crippen molar-refractivity contribution in [2.24, 2.45) is 0 Å². The van der Waals surface area contributed by atoms with Crippen LogP contribution < -0.4 is 5.32 Å². The predicted molar refractivity (Wildman–Crippen MR) is 61.1 cm³/mol. The van der Waals surface area contributed by atoms with Crippen LogP contribution in [0.3, 0.4) is 0 Å². The minimum atomic E-state index is -2.46. The number of nitrogens with one attached hydrogen (secondary N) is 1. The van der Waals surface area contributed by atoms with Gasteiger partial charge in [0.05, 0.1) is 6.61 Å². The molecule has 18 heavy (non-hydrogen) atoms. The van der Waals surface area contributed by atoms with E-state index in [1.165, 1.54) is 10.8 Å². The number of hydrogen-bond acceptors (Lipinski definition) is 5. The van der Waals surface area contributed by atoms with Gasteiger partial charge in [-0.15, -0.1) is 0 Å². The van der Waals surface area contributed by atoms with Crippen molar-refractivity contribution in [3.8, 4) is 0 Å². The SMILES string of the molecule is FC(F)COCCNc1cc(Cl)nc2ncnn12. The molecule has 0 unspecified atom stereocenters. The number of alkyl halides is 2. The Morgan fingerprint density at radius 3 is 3.11 bits per heavy atom. The highest BCUT2D eigenvalue weighted by atomic mass is 35.5. The molecule has 0 aliphatic heterocycles. The highest BCUT2D eigenvalue weighted by Gasteiger charge is 2.06. The van der Waals surface area contributed by atoms with Gasteiger partial charge in [0.2, 0.25) is 0 Å². The van der Waals surface area contributed by atoms with Crippen molar-refractivity contribution in [2.75, 3.05) is 25.1 Å². The fraction of sp³-hybridized carbons (Fsp3) is 0.444. The Balaban J connectivity index is 1.93. The molecule has 1 N–H and O–H groups in total. The Morgan fingerprint density at radius 2 is 2.33 bits per heavy atom. The molecule has 9 heteroatoms. The number of aromatic nitrogens is 4. The fourth-order valence-corrected chi connectivity index (χ4v) is 1.51. The van der Waals surface area contributed by atoms with Gasteiger partial charge in [0.15, 0.2) is 0 Å². The predicted octanol–water partition coefficient (Wildman–Crippen LogP) is 1.47. The smallest absolute Gasteiger partial charge is 0.261 e. The van der Waals surface area contributed by atoms with E-state index in [4.69, 9.17) is 16.3 Å². The number of ether oxygens (including phenoxy) is 1. The molecule has 0 fully saturated rings. The van der Waals surface area contributed by atoms with E-state index in [1.54, 1.807) is 6.07 Å². The number of hydrogen-bond donors (Lipinski definition) is 1. The van der Waals surface area contributed by atoms with Crippen molar-refractivity contribution in [3.05, 3.63) is 17.5 Å². The summed E-state index contributed by atoms with van der Waals surface area (Å²) < 4.78 is 29.8. The van der Waals surface area contributed by atoms with Gasteiger partial charge in [0.25, 0.3) is 12.2 Å². The van der Waals surface area contributed by atoms with E-state index in [1.807, 2.05) is 0 Å². The van der Waals surface area contributed by atoms with Crippen LogP contribution in [0.25, 0.3) is 5.78 Å². The van der Waals surface area contributed by atoms with Crippen LogP contribution in [0.5, 0.6) is 0 Å². The standard InChI is InChI=1S/C9H10ClF2N5O/c10-6-3-8(13-1-2-18-4-7(11)12)17-9(16-6)14-5-15-17/h3,5,7,13H,1-2,4H2. The maximum atomic E-state index is 11.8. The third-order valence-corrected chi connectivity index (χ3v) is 2.21. The Morgan fingerprint density at radius 1 is 1.50 bits per heavy atom. The molecule has 0 aromatic carbocycles. The second-order valence-corrected chi connectivity index (χ2v) is 3.72. The van der Waals surface area contributed by atoms with Crippen LogP contribution in [-0.2, 0) is 4.74 Å². The average Bonchev–Trinajstić information content (AvgIpc) is 2.75. The van der Waals surface area contributed by atoms with Crippen LogP contribution >= 0.6 is 11.6 Å². The van der Waals surface area contributed by atoms with Gasteiger partial charge in [-0.05, 0) is 0 Å². The van der Waals surface area contributed by atoms with Gasteiger partial charge >= 0.3 is 0 Å². The molecule has 0 aliphatic rings. The van der Waals surface area contributed by atoms with Crippen LogP contribution in [0, 0.1) is 0 Å². The molecule has 0 saturated carbocycles. The van der Waals surface area contributed by atoms with E-state index < -0.39 is 13.0 Å². The first kappa shape index (κ1) is 12.9. The van der Waals surface area contributed by atoms with Crippen molar-refractivity contribution in [3.63, 3.8) is 0 Å². The minimum Gasteiger partial charge on any atom is -0.374 e. The number of rotatable bonds is 6. The summed E-state index contributed by atoms with van der Waals surface area (Å²) in [6, 6.07) is 1.57. The fourth-order valence-electron chi connectivity index (χ4n) is 1.33. The Kier molecular flexibility index (Phi) is 4.21. The summed E-state index contributed by atoms with van der Waals surface area (Å²) in [5.74, 6) is 0.932. The summed E-state index contributed by atoms with van der Waals surface area (Å²) in [4.78, 5) is 7.84. The third-order valence-electron chi connectivity index (χ3n) is 2.02. The molecule has 2 aromatic rings. The van der Waals surface area contributed by atoms with Crippen molar-refractivity contribution in [2.45, 2.75) is 6.43 Å². The third kappa shape index (κ3) is 3.23. The van der Waals surface area contributed by atoms with E-state index in [-0.39, 0.29) is 11.8 Å². The first-order valence-electron chi connectivity index (χ1n) is 5.13. The first-order valence-corrected chi connectivity index (χ1v) is 5.50. The lowest BCUT2D eigenvalue weighted by molar-refractivity contribution is 0.0214. The molecule has 0 radical (unpaired) electrons. The summed E-state index contributed by atoms with van der Waals surface area (Å²) in [7, 11) is 0. The quantitative estimate of drug-likeness (QED) is 0.640. The van der Waals surface area contributed by atoms with Crippen molar-refractivity contribution in [1.29, 1.82) is 0 Å². The average molecular weight is 278 g/mol. The van der Waals surface area contributed by atoms with Gasteiger partial charge < -0.3 is 10.1 Å². The molecule has 0 aliphatic carbocycles. The van der Waals surface area contributed by atoms with Crippen molar-refractivity contribution < 1.29 is 13.5 Å². The summed E-state index contributed by atoms with van der Waals surface area (Å²) >= 11 is 5.80. The molecule has 0 atom stereocenters. The van der Waals surface area contributed by atoms with Gasteiger partial charge in [-0.25, -0.2) is 8.78 Å². The Bertz CT molecular complexity index is 521. The molecule has 0 saturated heterocycles. The van der Waals surface area contributed by atoms with Crippen LogP contribution in [0.4, 0.5) is 14.6 Å². The molecule has 2 aromatic heterocycles. The highest BCUT2D eigenvalue weighted by Crippen LogP contribution is 2.13. The van der Waals surface area contributed by atoms with Crippen molar-refractivity contribution >= 4 is 23.2 Å². The zero-order valence-electron chi connectivity index (χ0n) is 9.18. The summed E-state index contributed by atoms with van der Waals surface area (Å²) in [6.07, 6.45) is -1.11. The summed E-state index contributed by atoms with van der Waals surface area (Å²) in [5, 5.41) is 7.17. The summed E-state index contributed by atoms with van der Waals surface area (Å²) in [6.45, 7) is -0.0694. The number of halogens is 3. The maximum absolute atomic E-state index is 11.8. The zero-order chi connectivity index (χ0) is 13.0. The number of fused-ring (bicyclic) bond motifs is 1. The molecule has 98 valence electrons. The van der Waals surface area contributed by atoms with Gasteiger partial charge in [-0.2, -0.15) is 19.6 Å². The van der Waals surface area contributed by atoms with E-state index in [9.17, 15) is 8.78 Å². The normalized spacial score (nSPS) is 11.3. The van der Waals surface area contributed by atoms with Crippen LogP contribution in [0.1, 0.15) is 0 Å². The molecule has 0 spiro atoms. The molecule has 0 bridgehead atoms. The molecule has 6 nitrogen and oxygen atoms in total. The Hall–Kier alpha value is -1.54. The minimum absolute atomic E-state index is 0.153. The molecular weight excluding hydrogens is 268 g/mol. The lowest BCUT2D eigenvalue weighted by Gasteiger charge is -2.08.